The lowest BCUT2D eigenvalue weighted by molar-refractivity contribution is 0.382. The van der Waals surface area contributed by atoms with E-state index in [-0.39, 0.29) is 5.54 Å². The van der Waals surface area contributed by atoms with Gasteiger partial charge in [-0.15, -0.1) is 0 Å². The van der Waals surface area contributed by atoms with Crippen LogP contribution in [-0.4, -0.2) is 17.8 Å². The Kier molecular flexibility index (Phi) is 4.37. The van der Waals surface area contributed by atoms with Gasteiger partial charge < -0.3 is 5.32 Å². The minimum absolute atomic E-state index is 0.275. The van der Waals surface area contributed by atoms with Crippen molar-refractivity contribution in [3.8, 4) is 0 Å². The van der Waals surface area contributed by atoms with E-state index < -0.39 is 0 Å². The molecule has 0 bridgehead atoms. The van der Waals surface area contributed by atoms with Crippen LogP contribution in [0.3, 0.4) is 0 Å². The van der Waals surface area contributed by atoms with Gasteiger partial charge in [-0.1, -0.05) is 6.92 Å². The zero-order chi connectivity index (χ0) is 8.20. The van der Waals surface area contributed by atoms with Crippen molar-refractivity contribution >= 4 is 12.6 Å². The van der Waals surface area contributed by atoms with E-state index in [0.29, 0.717) is 5.25 Å². The molecule has 0 heterocycles. The van der Waals surface area contributed by atoms with Gasteiger partial charge in [0.1, 0.15) is 0 Å². The van der Waals surface area contributed by atoms with Crippen LogP contribution in [0.4, 0.5) is 0 Å². The third kappa shape index (κ3) is 5.12. The molecule has 2 heteroatoms. The van der Waals surface area contributed by atoms with Crippen LogP contribution in [0, 0.1) is 0 Å². The summed E-state index contributed by atoms with van der Waals surface area (Å²) in [4.78, 5) is 0. The average Bonchev–Trinajstić information content (AvgIpc) is 1.85. The van der Waals surface area contributed by atoms with Gasteiger partial charge in [-0.3, -0.25) is 0 Å². The Bertz CT molecular complexity index is 89.3. The Morgan fingerprint density at radius 2 is 2.00 bits per heavy atom. The molecule has 1 N–H and O–H groups in total. The molecule has 1 unspecified atom stereocenters. The van der Waals surface area contributed by atoms with Crippen molar-refractivity contribution in [2.45, 2.75) is 44.4 Å². The van der Waals surface area contributed by atoms with E-state index in [1.54, 1.807) is 0 Å². The first-order valence-corrected chi connectivity index (χ1v) is 4.36. The molecule has 0 amide bonds. The van der Waals surface area contributed by atoms with Crippen molar-refractivity contribution in [3.05, 3.63) is 0 Å². The summed E-state index contributed by atoms with van der Waals surface area (Å²) in [5.74, 6) is 0. The van der Waals surface area contributed by atoms with Gasteiger partial charge in [-0.2, -0.15) is 12.6 Å². The predicted molar refractivity (Wildman–Crippen MR) is 50.8 cm³/mol. The number of nitrogens with one attached hydrogen (secondary N) is 1. The van der Waals surface area contributed by atoms with E-state index in [1.165, 1.54) is 12.8 Å². The lowest BCUT2D eigenvalue weighted by Gasteiger charge is -2.24. The Hall–Kier alpha value is 0.310. The van der Waals surface area contributed by atoms with Gasteiger partial charge in [0.15, 0.2) is 0 Å². The molecule has 0 spiro atoms. The zero-order valence-corrected chi connectivity index (χ0v) is 8.33. The molecule has 0 aromatic carbocycles. The zero-order valence-electron chi connectivity index (χ0n) is 7.44. The Morgan fingerprint density at radius 1 is 1.50 bits per heavy atom. The van der Waals surface area contributed by atoms with Crippen molar-refractivity contribution in [2.24, 2.45) is 0 Å². The maximum absolute atomic E-state index is 4.32. The van der Waals surface area contributed by atoms with Gasteiger partial charge in [0.25, 0.3) is 0 Å². The second-order valence-corrected chi connectivity index (χ2v) is 4.40. The summed E-state index contributed by atoms with van der Waals surface area (Å²) < 4.78 is 0. The maximum Gasteiger partial charge on any atom is 0.0122 e. The standard InChI is InChI=1S/C8H19NS/c1-7(10)5-6-8(2,3)9-4/h7,9-10H,5-6H2,1-4H3. The first-order valence-electron chi connectivity index (χ1n) is 3.85. The monoisotopic (exact) mass is 161 g/mol. The van der Waals surface area contributed by atoms with E-state index in [1.807, 2.05) is 7.05 Å². The molecule has 0 aromatic heterocycles. The summed E-state index contributed by atoms with van der Waals surface area (Å²) in [6.45, 7) is 6.56. The van der Waals surface area contributed by atoms with Crippen molar-refractivity contribution < 1.29 is 0 Å². The number of rotatable bonds is 4. The molecule has 0 fully saturated rings. The van der Waals surface area contributed by atoms with Crippen molar-refractivity contribution in [3.63, 3.8) is 0 Å². The molecule has 0 saturated carbocycles. The van der Waals surface area contributed by atoms with Gasteiger partial charge in [0.2, 0.25) is 0 Å². The number of hydrogen-bond donors (Lipinski definition) is 2. The van der Waals surface area contributed by atoms with Crippen LogP contribution in [0.2, 0.25) is 0 Å². The molecule has 0 aromatic rings. The third-order valence-corrected chi connectivity index (χ3v) is 2.12. The van der Waals surface area contributed by atoms with Crippen molar-refractivity contribution in [2.75, 3.05) is 7.05 Å². The third-order valence-electron chi connectivity index (χ3n) is 1.86. The van der Waals surface area contributed by atoms with Crippen LogP contribution < -0.4 is 5.32 Å². The predicted octanol–water partition coefficient (Wildman–Crippen LogP) is 2.08. The normalized spacial score (nSPS) is 15.3. The summed E-state index contributed by atoms with van der Waals surface area (Å²) in [6.07, 6.45) is 2.37. The molecule has 10 heavy (non-hydrogen) atoms. The van der Waals surface area contributed by atoms with Gasteiger partial charge in [-0.05, 0) is 39.0 Å². The SMILES string of the molecule is CNC(C)(C)CCC(C)S. The quantitative estimate of drug-likeness (QED) is 0.602. The largest absolute Gasteiger partial charge is 0.315 e. The van der Waals surface area contributed by atoms with E-state index in [2.05, 4.69) is 38.7 Å². The van der Waals surface area contributed by atoms with Crippen LogP contribution >= 0.6 is 12.6 Å². The average molecular weight is 161 g/mol. The maximum atomic E-state index is 4.32. The van der Waals surface area contributed by atoms with Crippen molar-refractivity contribution in [1.29, 1.82) is 0 Å². The van der Waals surface area contributed by atoms with Crippen LogP contribution in [-0.2, 0) is 0 Å². The molecular formula is C8H19NS. The molecule has 0 aliphatic carbocycles. The smallest absolute Gasteiger partial charge is 0.0122 e. The topological polar surface area (TPSA) is 12.0 Å². The van der Waals surface area contributed by atoms with Crippen molar-refractivity contribution in [1.82, 2.24) is 5.32 Å². The second kappa shape index (κ2) is 4.24. The number of hydrogen-bond acceptors (Lipinski definition) is 2. The summed E-state index contributed by atoms with van der Waals surface area (Å²) >= 11 is 4.32. The van der Waals surface area contributed by atoms with E-state index in [4.69, 9.17) is 0 Å². The summed E-state index contributed by atoms with van der Waals surface area (Å²) in [7, 11) is 2.00. The molecular weight excluding hydrogens is 142 g/mol. The highest BCUT2D eigenvalue weighted by Crippen LogP contribution is 2.14. The molecule has 1 atom stereocenters. The van der Waals surface area contributed by atoms with E-state index >= 15 is 0 Å². The second-order valence-electron chi connectivity index (χ2n) is 3.52. The van der Waals surface area contributed by atoms with Crippen LogP contribution in [0.5, 0.6) is 0 Å². The van der Waals surface area contributed by atoms with Gasteiger partial charge in [0, 0.05) is 5.54 Å². The fourth-order valence-electron chi connectivity index (χ4n) is 0.695. The van der Waals surface area contributed by atoms with Gasteiger partial charge in [-0.25, -0.2) is 0 Å². The molecule has 0 rings (SSSR count). The van der Waals surface area contributed by atoms with E-state index in [9.17, 15) is 0 Å². The summed E-state index contributed by atoms with van der Waals surface area (Å²) in [5.41, 5.74) is 0.275. The highest BCUT2D eigenvalue weighted by Gasteiger charge is 2.14. The summed E-state index contributed by atoms with van der Waals surface area (Å²) in [6, 6.07) is 0. The molecule has 0 aliphatic heterocycles. The molecule has 0 aliphatic rings. The molecule has 1 nitrogen and oxygen atoms in total. The first-order chi connectivity index (χ1) is 4.48. The number of thiol groups is 1. The first kappa shape index (κ1) is 10.3. The fraction of sp³-hybridized carbons (Fsp3) is 1.00. The molecule has 62 valence electrons. The van der Waals surface area contributed by atoms with Gasteiger partial charge >= 0.3 is 0 Å². The highest BCUT2D eigenvalue weighted by molar-refractivity contribution is 7.80. The lowest BCUT2D eigenvalue weighted by Crippen LogP contribution is -2.36. The minimum Gasteiger partial charge on any atom is -0.315 e. The Morgan fingerprint density at radius 3 is 2.30 bits per heavy atom. The Labute approximate surface area is 70.0 Å². The highest BCUT2D eigenvalue weighted by atomic mass is 32.1. The minimum atomic E-state index is 0.275. The summed E-state index contributed by atoms with van der Waals surface area (Å²) in [5, 5.41) is 3.78. The lowest BCUT2D eigenvalue weighted by atomic mass is 9.98. The Balaban J connectivity index is 3.46. The fourth-order valence-corrected chi connectivity index (χ4v) is 0.824. The molecule has 0 saturated heterocycles. The van der Waals surface area contributed by atoms with Gasteiger partial charge in [0.05, 0.1) is 0 Å². The van der Waals surface area contributed by atoms with Crippen LogP contribution in [0.25, 0.3) is 0 Å². The van der Waals surface area contributed by atoms with Crippen LogP contribution in [0.15, 0.2) is 0 Å². The molecule has 0 radical (unpaired) electrons. The van der Waals surface area contributed by atoms with Crippen LogP contribution in [0.1, 0.15) is 33.6 Å². The van der Waals surface area contributed by atoms with E-state index in [0.717, 1.165) is 0 Å².